The molecule has 2 aromatic rings. The predicted molar refractivity (Wildman–Crippen MR) is 95.1 cm³/mol. The van der Waals surface area contributed by atoms with Crippen molar-refractivity contribution in [1.82, 2.24) is 16.0 Å². The van der Waals surface area contributed by atoms with E-state index in [1.54, 1.807) is 13.0 Å². The molecule has 0 fully saturated rings. The number of hydrogen-bond donors (Lipinski definition) is 3. The Hall–Kier alpha value is -3.10. The maximum absolute atomic E-state index is 13.2. The smallest absolute Gasteiger partial charge is 0.350 e. The molecule has 0 aliphatic carbocycles. The zero-order valence-electron chi connectivity index (χ0n) is 14.9. The molecule has 0 saturated heterocycles. The van der Waals surface area contributed by atoms with Crippen LogP contribution in [0.2, 0.25) is 0 Å². The first-order valence-electron chi connectivity index (χ1n) is 8.42. The van der Waals surface area contributed by atoms with Crippen LogP contribution in [-0.4, -0.2) is 25.0 Å². The number of hydrogen-bond acceptors (Lipinski definition) is 2. The monoisotopic (exact) mass is 397 g/mol. The fourth-order valence-corrected chi connectivity index (χ4v) is 2.37. The van der Waals surface area contributed by atoms with E-state index in [1.165, 1.54) is 18.2 Å². The van der Waals surface area contributed by atoms with Gasteiger partial charge in [0, 0.05) is 18.7 Å². The molecule has 0 aliphatic heterocycles. The Morgan fingerprint density at radius 3 is 2.25 bits per heavy atom. The van der Waals surface area contributed by atoms with E-state index in [0.29, 0.717) is 5.56 Å². The maximum atomic E-state index is 13.2. The molecule has 0 bridgehead atoms. The molecule has 0 spiro atoms. The van der Waals surface area contributed by atoms with Gasteiger partial charge in [-0.15, -0.1) is 0 Å². The van der Waals surface area contributed by atoms with Gasteiger partial charge in [-0.05, 0) is 48.9 Å². The molecule has 5 nitrogen and oxygen atoms in total. The third kappa shape index (κ3) is 6.26. The van der Waals surface area contributed by atoms with Crippen LogP contribution in [0.25, 0.3) is 0 Å². The summed E-state index contributed by atoms with van der Waals surface area (Å²) in [5.41, 5.74) is -0.155. The van der Waals surface area contributed by atoms with Gasteiger partial charge in [0.15, 0.2) is 0 Å². The zero-order valence-corrected chi connectivity index (χ0v) is 14.9. The van der Waals surface area contributed by atoms with Crippen molar-refractivity contribution in [2.24, 2.45) is 0 Å². The van der Waals surface area contributed by atoms with Crippen molar-refractivity contribution in [3.8, 4) is 0 Å². The van der Waals surface area contributed by atoms with Gasteiger partial charge in [-0.2, -0.15) is 13.2 Å². The average Bonchev–Trinajstić information content (AvgIpc) is 2.64. The molecule has 150 valence electrons. The van der Waals surface area contributed by atoms with Gasteiger partial charge in [-0.3, -0.25) is 4.79 Å². The van der Waals surface area contributed by atoms with E-state index in [0.717, 1.165) is 24.3 Å². The molecule has 0 aliphatic rings. The molecular weight excluding hydrogens is 378 g/mol. The lowest BCUT2D eigenvalue weighted by Gasteiger charge is -2.15. The summed E-state index contributed by atoms with van der Waals surface area (Å²) < 4.78 is 50.7. The van der Waals surface area contributed by atoms with Gasteiger partial charge < -0.3 is 16.0 Å². The summed E-state index contributed by atoms with van der Waals surface area (Å²) >= 11 is 0. The molecule has 28 heavy (non-hydrogen) atoms. The second-order valence-corrected chi connectivity index (χ2v) is 6.01. The Balaban J connectivity index is 1.73. The molecule has 3 amide bonds. The van der Waals surface area contributed by atoms with Crippen LogP contribution in [0.4, 0.5) is 22.4 Å². The summed E-state index contributed by atoms with van der Waals surface area (Å²) in [4.78, 5) is 23.7. The van der Waals surface area contributed by atoms with Gasteiger partial charge >= 0.3 is 12.2 Å². The van der Waals surface area contributed by atoms with E-state index >= 15 is 0 Å². The Morgan fingerprint density at radius 1 is 1.00 bits per heavy atom. The number of nitrogens with one attached hydrogen (secondary N) is 3. The van der Waals surface area contributed by atoms with Crippen LogP contribution >= 0.6 is 0 Å². The first-order valence-corrected chi connectivity index (χ1v) is 8.42. The van der Waals surface area contributed by atoms with Gasteiger partial charge in [-0.1, -0.05) is 12.1 Å². The zero-order chi connectivity index (χ0) is 20.7. The molecular formula is C19H19F4N3O2. The van der Waals surface area contributed by atoms with Crippen LogP contribution in [0.5, 0.6) is 0 Å². The summed E-state index contributed by atoms with van der Waals surface area (Å²) in [5, 5.41) is 7.65. The largest absolute Gasteiger partial charge is 0.416 e. The molecule has 9 heteroatoms. The van der Waals surface area contributed by atoms with Crippen molar-refractivity contribution in [1.29, 1.82) is 0 Å². The second-order valence-electron chi connectivity index (χ2n) is 6.01. The van der Waals surface area contributed by atoms with Crippen LogP contribution in [-0.2, 0) is 6.18 Å². The number of amides is 3. The number of carbonyl (C=O) groups is 2. The number of benzene rings is 2. The molecule has 1 atom stereocenters. The lowest BCUT2D eigenvalue weighted by molar-refractivity contribution is -0.137. The van der Waals surface area contributed by atoms with Crippen LogP contribution in [0.15, 0.2) is 48.5 Å². The number of halogens is 4. The van der Waals surface area contributed by atoms with Crippen LogP contribution in [0.3, 0.4) is 0 Å². The van der Waals surface area contributed by atoms with Gasteiger partial charge in [0.2, 0.25) is 0 Å². The van der Waals surface area contributed by atoms with Gasteiger partial charge in [0.25, 0.3) is 5.91 Å². The number of rotatable bonds is 6. The number of carbonyl (C=O) groups excluding carboxylic acids is 2. The fraction of sp³-hybridized carbons (Fsp3) is 0.263. The number of urea groups is 1. The average molecular weight is 397 g/mol. The maximum Gasteiger partial charge on any atom is 0.416 e. The molecule has 0 saturated carbocycles. The minimum atomic E-state index is -4.46. The SMILES string of the molecule is C[C@H](NC(=O)NCCNC(=O)c1ccc(C(F)(F)F)cc1)c1cccc(F)c1. The summed E-state index contributed by atoms with van der Waals surface area (Å²) in [5.74, 6) is -0.957. The molecule has 3 N–H and O–H groups in total. The Morgan fingerprint density at radius 2 is 1.64 bits per heavy atom. The lowest BCUT2D eigenvalue weighted by Crippen LogP contribution is -2.41. The summed E-state index contributed by atoms with van der Waals surface area (Å²) in [6.45, 7) is 1.89. The molecule has 2 aromatic carbocycles. The van der Waals surface area contributed by atoms with Crippen molar-refractivity contribution in [3.63, 3.8) is 0 Å². The molecule has 2 rings (SSSR count). The molecule has 0 unspecified atom stereocenters. The summed E-state index contributed by atoms with van der Waals surface area (Å²) in [6, 6.07) is 8.74. The lowest BCUT2D eigenvalue weighted by atomic mass is 10.1. The van der Waals surface area contributed by atoms with E-state index in [9.17, 15) is 27.2 Å². The third-order valence-corrected chi connectivity index (χ3v) is 3.87. The first kappa shape index (κ1) is 21.2. The minimum Gasteiger partial charge on any atom is -0.350 e. The van der Waals surface area contributed by atoms with E-state index in [2.05, 4.69) is 16.0 Å². The molecule has 0 heterocycles. The van der Waals surface area contributed by atoms with Crippen molar-refractivity contribution < 1.29 is 27.2 Å². The highest BCUT2D eigenvalue weighted by molar-refractivity contribution is 5.94. The van der Waals surface area contributed by atoms with E-state index in [1.807, 2.05) is 0 Å². The number of alkyl halides is 3. The predicted octanol–water partition coefficient (Wildman–Crippen LogP) is 3.63. The Bertz CT molecular complexity index is 823. The van der Waals surface area contributed by atoms with Crippen molar-refractivity contribution >= 4 is 11.9 Å². The fourth-order valence-electron chi connectivity index (χ4n) is 2.37. The topological polar surface area (TPSA) is 70.2 Å². The van der Waals surface area contributed by atoms with Crippen LogP contribution < -0.4 is 16.0 Å². The minimum absolute atomic E-state index is 0.0807. The van der Waals surface area contributed by atoms with Crippen LogP contribution in [0.1, 0.15) is 34.5 Å². The normalized spacial score (nSPS) is 12.2. The van der Waals surface area contributed by atoms with Crippen molar-refractivity contribution in [2.75, 3.05) is 13.1 Å². The first-order chi connectivity index (χ1) is 13.2. The quantitative estimate of drug-likeness (QED) is 0.515. The van der Waals surface area contributed by atoms with Gasteiger partial charge in [0.1, 0.15) is 5.82 Å². The summed E-state index contributed by atoms with van der Waals surface area (Å²) in [7, 11) is 0. The summed E-state index contributed by atoms with van der Waals surface area (Å²) in [6.07, 6.45) is -4.46. The van der Waals surface area contributed by atoms with Crippen molar-refractivity contribution in [2.45, 2.75) is 19.1 Å². The second kappa shape index (κ2) is 9.20. The van der Waals surface area contributed by atoms with E-state index in [-0.39, 0.29) is 18.7 Å². The Labute approximate surface area is 159 Å². The standard InChI is InChI=1S/C19H19F4N3O2/c1-12(14-3-2-4-16(20)11-14)26-18(28)25-10-9-24-17(27)13-5-7-15(8-6-13)19(21,22)23/h2-8,11-12H,9-10H2,1H3,(H,24,27)(H2,25,26,28)/t12-/m0/s1. The Kier molecular flexibility index (Phi) is 6.97. The molecule has 0 aromatic heterocycles. The molecule has 0 radical (unpaired) electrons. The highest BCUT2D eigenvalue weighted by Crippen LogP contribution is 2.29. The third-order valence-electron chi connectivity index (χ3n) is 3.87. The van der Waals surface area contributed by atoms with Gasteiger partial charge in [-0.25, -0.2) is 9.18 Å². The van der Waals surface area contributed by atoms with E-state index < -0.39 is 35.5 Å². The highest BCUT2D eigenvalue weighted by atomic mass is 19.4. The van der Waals surface area contributed by atoms with Crippen molar-refractivity contribution in [3.05, 3.63) is 71.0 Å². The van der Waals surface area contributed by atoms with Crippen LogP contribution in [0, 0.1) is 5.82 Å². The van der Waals surface area contributed by atoms with Gasteiger partial charge in [0.05, 0.1) is 11.6 Å². The highest BCUT2D eigenvalue weighted by Gasteiger charge is 2.30. The van der Waals surface area contributed by atoms with E-state index in [4.69, 9.17) is 0 Å².